The van der Waals surface area contributed by atoms with E-state index in [1.807, 2.05) is 47.3 Å². The maximum Gasteiger partial charge on any atom is 0.226 e. The zero-order chi connectivity index (χ0) is 14.9. The average molecular weight is 310 g/mol. The highest BCUT2D eigenvalue weighted by molar-refractivity contribution is 6.30. The van der Waals surface area contributed by atoms with Crippen molar-refractivity contribution in [3.63, 3.8) is 0 Å². The highest BCUT2D eigenvalue weighted by Crippen LogP contribution is 2.31. The molecule has 0 fully saturated rings. The Kier molecular flexibility index (Phi) is 3.12. The summed E-state index contributed by atoms with van der Waals surface area (Å²) in [6.07, 6.45) is 7.24. The molecular formula is C16H12ClN5. The molecule has 2 aromatic heterocycles. The van der Waals surface area contributed by atoms with E-state index in [9.17, 15) is 0 Å². The van der Waals surface area contributed by atoms with Crippen molar-refractivity contribution in [2.75, 3.05) is 5.32 Å². The smallest absolute Gasteiger partial charge is 0.226 e. The number of aromatic nitrogens is 4. The molecular weight excluding hydrogens is 298 g/mol. The maximum atomic E-state index is 5.98. The fourth-order valence-corrected chi connectivity index (χ4v) is 2.65. The van der Waals surface area contributed by atoms with E-state index in [4.69, 9.17) is 11.6 Å². The molecule has 0 saturated heterocycles. The number of nitrogens with zero attached hydrogens (tertiary/aromatic N) is 4. The van der Waals surface area contributed by atoms with E-state index in [1.54, 1.807) is 12.5 Å². The van der Waals surface area contributed by atoms with Crippen LogP contribution >= 0.6 is 11.6 Å². The van der Waals surface area contributed by atoms with Gasteiger partial charge in [-0.1, -0.05) is 23.7 Å². The summed E-state index contributed by atoms with van der Waals surface area (Å²) >= 11 is 5.98. The van der Waals surface area contributed by atoms with Gasteiger partial charge < -0.3 is 5.32 Å². The van der Waals surface area contributed by atoms with Gasteiger partial charge >= 0.3 is 0 Å². The number of pyridine rings is 1. The molecule has 4 rings (SSSR count). The Morgan fingerprint density at radius 3 is 2.77 bits per heavy atom. The van der Waals surface area contributed by atoms with E-state index in [2.05, 4.69) is 26.5 Å². The van der Waals surface area contributed by atoms with Crippen LogP contribution in [-0.4, -0.2) is 19.7 Å². The summed E-state index contributed by atoms with van der Waals surface area (Å²) in [6.45, 7) is 0. The van der Waals surface area contributed by atoms with Gasteiger partial charge in [-0.25, -0.2) is 4.68 Å². The molecule has 6 heteroatoms. The zero-order valence-corrected chi connectivity index (χ0v) is 12.3. The number of benzene rings is 1. The van der Waals surface area contributed by atoms with Crippen LogP contribution in [-0.2, 0) is 0 Å². The first-order chi connectivity index (χ1) is 10.8. The third-order valence-electron chi connectivity index (χ3n) is 3.59. The predicted octanol–water partition coefficient (Wildman–Crippen LogP) is 3.38. The first-order valence-corrected chi connectivity index (χ1v) is 7.23. The summed E-state index contributed by atoms with van der Waals surface area (Å²) in [7, 11) is 0. The lowest BCUT2D eigenvalue weighted by atomic mass is 10.0. The first kappa shape index (κ1) is 13.0. The first-order valence-electron chi connectivity index (χ1n) is 6.85. The number of anilines is 1. The average Bonchev–Trinajstić information content (AvgIpc) is 3.04. The lowest BCUT2D eigenvalue weighted by molar-refractivity contribution is 0.612. The SMILES string of the molecule is Clc1ccc([C@H]2C=C(c3cccnc3)Nc3ncnn32)cc1. The Balaban J connectivity index is 1.81. The van der Waals surface area contributed by atoms with E-state index in [1.165, 1.54) is 0 Å². The molecule has 0 bridgehead atoms. The van der Waals surface area contributed by atoms with Gasteiger partial charge in [-0.05, 0) is 35.9 Å². The van der Waals surface area contributed by atoms with Crippen LogP contribution in [0.15, 0.2) is 61.2 Å². The van der Waals surface area contributed by atoms with Crippen molar-refractivity contribution in [2.24, 2.45) is 0 Å². The summed E-state index contributed by atoms with van der Waals surface area (Å²) in [6, 6.07) is 11.7. The molecule has 3 aromatic rings. The van der Waals surface area contributed by atoms with E-state index in [0.29, 0.717) is 11.0 Å². The number of nitrogens with one attached hydrogen (secondary N) is 1. The molecule has 0 unspecified atom stereocenters. The number of allylic oxidation sites excluding steroid dienone is 1. The summed E-state index contributed by atoms with van der Waals surface area (Å²) < 4.78 is 1.85. The second kappa shape index (κ2) is 5.27. The van der Waals surface area contributed by atoms with Crippen LogP contribution in [0.3, 0.4) is 0 Å². The van der Waals surface area contributed by atoms with Gasteiger partial charge in [-0.3, -0.25) is 4.98 Å². The largest absolute Gasteiger partial charge is 0.324 e. The number of rotatable bonds is 2. The zero-order valence-electron chi connectivity index (χ0n) is 11.5. The molecule has 0 saturated carbocycles. The minimum absolute atomic E-state index is 0.0359. The van der Waals surface area contributed by atoms with Crippen LogP contribution < -0.4 is 5.32 Å². The molecule has 0 radical (unpaired) electrons. The van der Waals surface area contributed by atoms with Crippen LogP contribution in [0.4, 0.5) is 5.95 Å². The summed E-state index contributed by atoms with van der Waals surface area (Å²) in [5.74, 6) is 0.710. The van der Waals surface area contributed by atoms with E-state index < -0.39 is 0 Å². The van der Waals surface area contributed by atoms with Crippen LogP contribution in [0.25, 0.3) is 5.70 Å². The summed E-state index contributed by atoms with van der Waals surface area (Å²) in [4.78, 5) is 8.45. The quantitative estimate of drug-likeness (QED) is 0.788. The monoisotopic (exact) mass is 309 g/mol. The fourth-order valence-electron chi connectivity index (χ4n) is 2.52. The molecule has 0 amide bonds. The van der Waals surface area contributed by atoms with Crippen LogP contribution in [0.1, 0.15) is 17.2 Å². The number of hydrogen-bond acceptors (Lipinski definition) is 4. The van der Waals surface area contributed by atoms with Crippen molar-refractivity contribution in [1.82, 2.24) is 19.7 Å². The predicted molar refractivity (Wildman–Crippen MR) is 85.4 cm³/mol. The molecule has 108 valence electrons. The van der Waals surface area contributed by atoms with Crippen molar-refractivity contribution in [2.45, 2.75) is 6.04 Å². The molecule has 0 spiro atoms. The van der Waals surface area contributed by atoms with Gasteiger partial charge in [0.2, 0.25) is 5.95 Å². The standard InChI is InChI=1S/C16H12ClN5/c17-13-5-3-11(4-6-13)15-8-14(12-2-1-7-18-9-12)21-16-19-10-20-22(15)16/h1-10,15H,(H,19,20,21)/t15-/m1/s1. The highest BCUT2D eigenvalue weighted by atomic mass is 35.5. The van der Waals surface area contributed by atoms with Crippen LogP contribution in [0.5, 0.6) is 0 Å². The van der Waals surface area contributed by atoms with Crippen LogP contribution in [0, 0.1) is 0 Å². The van der Waals surface area contributed by atoms with Gasteiger partial charge in [-0.15, -0.1) is 0 Å². The van der Waals surface area contributed by atoms with Crippen molar-refractivity contribution < 1.29 is 0 Å². The Morgan fingerprint density at radius 2 is 2.00 bits per heavy atom. The van der Waals surface area contributed by atoms with Crippen molar-refractivity contribution >= 4 is 23.2 Å². The van der Waals surface area contributed by atoms with Gasteiger partial charge in [0.1, 0.15) is 12.4 Å². The number of hydrogen-bond donors (Lipinski definition) is 1. The van der Waals surface area contributed by atoms with Crippen molar-refractivity contribution in [3.05, 3.63) is 77.3 Å². The molecule has 1 N–H and O–H groups in total. The fraction of sp³-hybridized carbons (Fsp3) is 0.0625. The second-order valence-corrected chi connectivity index (χ2v) is 5.41. The van der Waals surface area contributed by atoms with E-state index in [0.717, 1.165) is 16.8 Å². The van der Waals surface area contributed by atoms with Gasteiger partial charge in [0, 0.05) is 28.7 Å². The van der Waals surface area contributed by atoms with Gasteiger partial charge in [0.05, 0.1) is 0 Å². The number of halogens is 1. The Bertz CT molecular complexity index is 823. The van der Waals surface area contributed by atoms with Gasteiger partial charge in [-0.2, -0.15) is 10.1 Å². The summed E-state index contributed by atoms with van der Waals surface area (Å²) in [5, 5.41) is 8.32. The number of fused-ring (bicyclic) bond motifs is 1. The lowest BCUT2D eigenvalue weighted by Crippen LogP contribution is -2.20. The summed E-state index contributed by atoms with van der Waals surface area (Å²) in [5.41, 5.74) is 3.07. The van der Waals surface area contributed by atoms with Gasteiger partial charge in [0.25, 0.3) is 0 Å². The van der Waals surface area contributed by atoms with Gasteiger partial charge in [0.15, 0.2) is 0 Å². The van der Waals surface area contributed by atoms with E-state index in [-0.39, 0.29) is 6.04 Å². The Labute approximate surface area is 132 Å². The molecule has 0 aliphatic carbocycles. The Morgan fingerprint density at radius 1 is 1.14 bits per heavy atom. The lowest BCUT2D eigenvalue weighted by Gasteiger charge is -2.24. The third-order valence-corrected chi connectivity index (χ3v) is 3.84. The topological polar surface area (TPSA) is 55.6 Å². The molecule has 22 heavy (non-hydrogen) atoms. The molecule has 1 aromatic carbocycles. The molecule has 1 aliphatic heterocycles. The second-order valence-electron chi connectivity index (χ2n) is 4.97. The molecule has 1 atom stereocenters. The minimum atomic E-state index is -0.0359. The molecule has 1 aliphatic rings. The third kappa shape index (κ3) is 2.25. The maximum absolute atomic E-state index is 5.98. The highest BCUT2D eigenvalue weighted by Gasteiger charge is 2.23. The molecule has 5 nitrogen and oxygen atoms in total. The minimum Gasteiger partial charge on any atom is -0.324 e. The normalized spacial score (nSPS) is 16.6. The van der Waals surface area contributed by atoms with Crippen molar-refractivity contribution in [1.29, 1.82) is 0 Å². The molecule has 3 heterocycles. The Hall–Kier alpha value is -2.66. The van der Waals surface area contributed by atoms with Crippen LogP contribution in [0.2, 0.25) is 5.02 Å². The van der Waals surface area contributed by atoms with Crippen molar-refractivity contribution in [3.8, 4) is 0 Å². The van der Waals surface area contributed by atoms with E-state index >= 15 is 0 Å².